The summed E-state index contributed by atoms with van der Waals surface area (Å²) in [4.78, 5) is 21.5. The van der Waals surface area contributed by atoms with Crippen LogP contribution in [0.3, 0.4) is 0 Å². The Kier molecular flexibility index (Phi) is 6.46. The topological polar surface area (TPSA) is 82.9 Å². The lowest BCUT2D eigenvalue weighted by molar-refractivity contribution is 0.197. The molecule has 3 heterocycles. The Morgan fingerprint density at radius 3 is 2.57 bits per heavy atom. The van der Waals surface area contributed by atoms with Crippen LogP contribution in [0, 0.1) is 13.8 Å². The molecule has 1 atom stereocenters. The van der Waals surface area contributed by atoms with Crippen molar-refractivity contribution in [3.05, 3.63) is 80.4 Å². The van der Waals surface area contributed by atoms with Gasteiger partial charge in [0, 0.05) is 53.4 Å². The molecular weight excluding hydrogens is 486 g/mol. The Labute approximate surface area is 221 Å². The van der Waals surface area contributed by atoms with E-state index in [9.17, 15) is 4.79 Å². The van der Waals surface area contributed by atoms with Gasteiger partial charge in [-0.15, -0.1) is 5.10 Å². The van der Waals surface area contributed by atoms with Crippen molar-refractivity contribution in [3.63, 3.8) is 0 Å². The third kappa shape index (κ3) is 4.64. The van der Waals surface area contributed by atoms with E-state index in [0.717, 1.165) is 77.6 Å². The average Bonchev–Trinajstić information content (AvgIpc) is 3.57. The van der Waals surface area contributed by atoms with E-state index in [0.29, 0.717) is 5.56 Å². The number of hydrogen-bond acceptors (Lipinski definition) is 6. The number of aromatic nitrogens is 5. The fraction of sp³-hybridized carbons (Fsp3) is 0.429. The second kappa shape index (κ2) is 9.91. The zero-order valence-corrected chi connectivity index (χ0v) is 22.1. The lowest BCUT2D eigenvalue weighted by Gasteiger charge is -2.40. The summed E-state index contributed by atoms with van der Waals surface area (Å²) in [6.07, 6.45) is 4.50. The summed E-state index contributed by atoms with van der Waals surface area (Å²) in [6.45, 7) is 7.35. The standard InChI is InChI=1S/C28H32ClN7O/c1-18-14-19(2)23-17-24(28(37)30-25(23)15-18)26(27-31-32-33-36(27)21-7-3-4-8-21)35-12-10-34(11-13-35)22-9-5-6-20(29)16-22/h5-6,9,14-17,21,26H,3-4,7-8,10-13H2,1-2H3,(H,30,37). The van der Waals surface area contributed by atoms with Gasteiger partial charge in [0.05, 0.1) is 6.04 Å². The van der Waals surface area contributed by atoms with E-state index < -0.39 is 0 Å². The SMILES string of the molecule is Cc1cc(C)c2cc(C(c3nnnn3C3CCCC3)N3CCN(c4cccc(Cl)c4)CC3)c(=O)[nH]c2c1. The van der Waals surface area contributed by atoms with Crippen LogP contribution in [0.1, 0.15) is 60.3 Å². The van der Waals surface area contributed by atoms with Crippen LogP contribution in [0.15, 0.2) is 47.3 Å². The number of rotatable bonds is 5. The maximum atomic E-state index is 13.6. The van der Waals surface area contributed by atoms with E-state index >= 15 is 0 Å². The lowest BCUT2D eigenvalue weighted by Crippen LogP contribution is -2.49. The predicted molar refractivity (Wildman–Crippen MR) is 146 cm³/mol. The van der Waals surface area contributed by atoms with Crippen LogP contribution < -0.4 is 10.5 Å². The summed E-state index contributed by atoms with van der Waals surface area (Å²) < 4.78 is 1.99. The van der Waals surface area contributed by atoms with Gasteiger partial charge in [0.1, 0.15) is 6.04 Å². The highest BCUT2D eigenvalue weighted by molar-refractivity contribution is 6.30. The minimum absolute atomic E-state index is 0.0826. The second-order valence-corrected chi connectivity index (χ2v) is 10.9. The minimum atomic E-state index is -0.328. The van der Waals surface area contributed by atoms with E-state index in [2.05, 4.69) is 62.4 Å². The lowest BCUT2D eigenvalue weighted by atomic mass is 9.99. The quantitative estimate of drug-likeness (QED) is 0.409. The third-order valence-corrected chi connectivity index (χ3v) is 8.16. The molecule has 4 aromatic rings. The van der Waals surface area contributed by atoms with Crippen LogP contribution in [-0.2, 0) is 0 Å². The first-order valence-electron chi connectivity index (χ1n) is 13.1. The number of halogens is 1. The van der Waals surface area contributed by atoms with Gasteiger partial charge in [-0.1, -0.05) is 36.6 Å². The fourth-order valence-corrected chi connectivity index (χ4v) is 6.28. The van der Waals surface area contributed by atoms with Crippen molar-refractivity contribution in [1.82, 2.24) is 30.1 Å². The van der Waals surface area contributed by atoms with Gasteiger partial charge in [0.25, 0.3) is 5.56 Å². The van der Waals surface area contributed by atoms with Crippen molar-refractivity contribution < 1.29 is 0 Å². The van der Waals surface area contributed by atoms with Crippen molar-refractivity contribution in [2.24, 2.45) is 0 Å². The molecule has 1 aliphatic carbocycles. The molecule has 1 aliphatic heterocycles. The largest absolute Gasteiger partial charge is 0.369 e. The minimum Gasteiger partial charge on any atom is -0.369 e. The van der Waals surface area contributed by atoms with E-state index in [1.54, 1.807) is 0 Å². The molecule has 8 nitrogen and oxygen atoms in total. The van der Waals surface area contributed by atoms with Crippen molar-refractivity contribution in [2.75, 3.05) is 31.1 Å². The van der Waals surface area contributed by atoms with Gasteiger partial charge in [-0.05, 0) is 78.6 Å². The summed E-state index contributed by atoms with van der Waals surface area (Å²) in [5.41, 5.74) is 4.88. The number of fused-ring (bicyclic) bond motifs is 1. The molecule has 1 unspecified atom stereocenters. The molecule has 2 aliphatic rings. The Morgan fingerprint density at radius 2 is 1.81 bits per heavy atom. The molecule has 1 saturated heterocycles. The van der Waals surface area contributed by atoms with Crippen LogP contribution >= 0.6 is 11.6 Å². The Morgan fingerprint density at radius 1 is 1.03 bits per heavy atom. The molecule has 0 amide bonds. The van der Waals surface area contributed by atoms with E-state index in [1.165, 1.54) is 12.8 Å². The molecule has 9 heteroatoms. The average molecular weight is 518 g/mol. The number of aromatic amines is 1. The summed E-state index contributed by atoms with van der Waals surface area (Å²) >= 11 is 6.26. The van der Waals surface area contributed by atoms with E-state index in [4.69, 9.17) is 11.6 Å². The maximum absolute atomic E-state index is 13.6. The predicted octanol–water partition coefficient (Wildman–Crippen LogP) is 4.81. The number of benzene rings is 2. The van der Waals surface area contributed by atoms with Gasteiger partial charge in [0.15, 0.2) is 5.82 Å². The van der Waals surface area contributed by atoms with Crippen molar-refractivity contribution in [2.45, 2.75) is 51.6 Å². The van der Waals surface area contributed by atoms with E-state index in [-0.39, 0.29) is 17.6 Å². The highest BCUT2D eigenvalue weighted by Gasteiger charge is 2.35. The second-order valence-electron chi connectivity index (χ2n) is 10.4. The summed E-state index contributed by atoms with van der Waals surface area (Å²) in [5, 5.41) is 14.9. The summed E-state index contributed by atoms with van der Waals surface area (Å²) in [7, 11) is 0. The number of tetrazole rings is 1. The molecule has 2 aromatic carbocycles. The smallest absolute Gasteiger partial charge is 0.253 e. The van der Waals surface area contributed by atoms with Crippen molar-refractivity contribution in [3.8, 4) is 0 Å². The van der Waals surface area contributed by atoms with Crippen LogP contribution in [0.25, 0.3) is 10.9 Å². The number of pyridine rings is 1. The number of nitrogens with zero attached hydrogens (tertiary/aromatic N) is 6. The molecule has 0 spiro atoms. The number of anilines is 1. The van der Waals surface area contributed by atoms with Crippen LogP contribution in [0.5, 0.6) is 0 Å². The molecule has 0 bridgehead atoms. The first-order valence-corrected chi connectivity index (χ1v) is 13.5. The van der Waals surface area contributed by atoms with Gasteiger partial charge >= 0.3 is 0 Å². The Hall–Kier alpha value is -3.23. The maximum Gasteiger partial charge on any atom is 0.253 e. The van der Waals surface area contributed by atoms with Gasteiger partial charge in [0.2, 0.25) is 0 Å². The highest BCUT2D eigenvalue weighted by Crippen LogP contribution is 2.35. The number of aryl methyl sites for hydroxylation is 2. The number of H-pyrrole nitrogens is 1. The molecule has 2 aromatic heterocycles. The molecule has 1 saturated carbocycles. The third-order valence-electron chi connectivity index (χ3n) is 7.92. The van der Waals surface area contributed by atoms with Crippen LogP contribution in [0.2, 0.25) is 5.02 Å². The fourth-order valence-electron chi connectivity index (χ4n) is 6.09. The first-order chi connectivity index (χ1) is 18.0. The van der Waals surface area contributed by atoms with E-state index in [1.807, 2.05) is 28.9 Å². The molecular formula is C28H32ClN7O. The van der Waals surface area contributed by atoms with Gasteiger partial charge in [-0.3, -0.25) is 9.69 Å². The number of piperazine rings is 1. The molecule has 2 fully saturated rings. The number of hydrogen-bond donors (Lipinski definition) is 1. The van der Waals surface area contributed by atoms with Crippen LogP contribution in [-0.4, -0.2) is 56.3 Å². The van der Waals surface area contributed by atoms with Gasteiger partial charge in [-0.2, -0.15) is 0 Å². The van der Waals surface area contributed by atoms with Crippen LogP contribution in [0.4, 0.5) is 5.69 Å². The van der Waals surface area contributed by atoms with Crippen molar-refractivity contribution >= 4 is 28.2 Å². The molecule has 0 radical (unpaired) electrons. The van der Waals surface area contributed by atoms with Gasteiger partial charge < -0.3 is 9.88 Å². The van der Waals surface area contributed by atoms with Gasteiger partial charge in [-0.25, -0.2) is 4.68 Å². The first kappa shape index (κ1) is 24.1. The molecule has 37 heavy (non-hydrogen) atoms. The molecule has 192 valence electrons. The molecule has 6 rings (SSSR count). The zero-order valence-electron chi connectivity index (χ0n) is 21.3. The number of nitrogens with one attached hydrogen (secondary N) is 1. The van der Waals surface area contributed by atoms with Crippen molar-refractivity contribution in [1.29, 1.82) is 0 Å². The molecule has 1 N–H and O–H groups in total. The summed E-state index contributed by atoms with van der Waals surface area (Å²) in [6, 6.07) is 14.2. The monoisotopic (exact) mass is 517 g/mol. The normalized spacial score (nSPS) is 18.1. The Balaban J connectivity index is 1.41. The summed E-state index contributed by atoms with van der Waals surface area (Å²) in [5.74, 6) is 0.762. The highest BCUT2D eigenvalue weighted by atomic mass is 35.5. The Bertz CT molecular complexity index is 1480. The zero-order chi connectivity index (χ0) is 25.5.